The summed E-state index contributed by atoms with van der Waals surface area (Å²) in [5, 5.41) is 11.8. The van der Waals surface area contributed by atoms with E-state index >= 15 is 0 Å². The molecule has 1 aromatic carbocycles. The van der Waals surface area contributed by atoms with Crippen molar-refractivity contribution in [3.05, 3.63) is 35.4 Å². The van der Waals surface area contributed by atoms with E-state index < -0.39 is 23.1 Å². The summed E-state index contributed by atoms with van der Waals surface area (Å²) in [6.45, 7) is 0.762. The Bertz CT molecular complexity index is 585. The van der Waals surface area contributed by atoms with Crippen LogP contribution in [0.15, 0.2) is 18.2 Å². The number of ether oxygens (including phenoxy) is 1. The first-order chi connectivity index (χ1) is 10.9. The van der Waals surface area contributed by atoms with E-state index in [2.05, 4.69) is 5.32 Å². The highest BCUT2D eigenvalue weighted by atomic mass is 19.2. The molecule has 0 aliphatic carbocycles. The van der Waals surface area contributed by atoms with Gasteiger partial charge in [0.15, 0.2) is 11.6 Å². The highest BCUT2D eigenvalue weighted by molar-refractivity contribution is 5.78. The number of carboxylic acid groups (broad SMARTS) is 1. The molecule has 0 atom stereocenters. The van der Waals surface area contributed by atoms with Crippen molar-refractivity contribution in [1.82, 2.24) is 5.32 Å². The molecule has 1 fully saturated rings. The van der Waals surface area contributed by atoms with Crippen LogP contribution < -0.4 is 5.32 Å². The van der Waals surface area contributed by atoms with Crippen molar-refractivity contribution in [2.24, 2.45) is 0 Å². The van der Waals surface area contributed by atoms with Crippen LogP contribution in [0.4, 0.5) is 8.78 Å². The van der Waals surface area contributed by atoms with E-state index in [1.54, 1.807) is 0 Å². The molecular formula is C16H19F2NO4. The molecule has 0 aromatic heterocycles. The summed E-state index contributed by atoms with van der Waals surface area (Å²) in [6.07, 6.45) is 0.660. The second-order valence-electron chi connectivity index (χ2n) is 5.72. The van der Waals surface area contributed by atoms with Gasteiger partial charge in [-0.2, -0.15) is 0 Å². The summed E-state index contributed by atoms with van der Waals surface area (Å²) in [4.78, 5) is 23.1. The van der Waals surface area contributed by atoms with Crippen LogP contribution >= 0.6 is 0 Å². The smallest absolute Gasteiger partial charge is 0.305 e. The van der Waals surface area contributed by atoms with Crippen molar-refractivity contribution in [2.75, 3.05) is 13.2 Å². The van der Waals surface area contributed by atoms with Gasteiger partial charge in [-0.15, -0.1) is 0 Å². The van der Waals surface area contributed by atoms with Gasteiger partial charge in [-0.1, -0.05) is 12.1 Å². The molecule has 1 saturated heterocycles. The van der Waals surface area contributed by atoms with E-state index in [1.165, 1.54) is 12.1 Å². The lowest BCUT2D eigenvalue weighted by atomic mass is 9.86. The minimum Gasteiger partial charge on any atom is -0.481 e. The Morgan fingerprint density at radius 3 is 2.61 bits per heavy atom. The molecule has 1 aliphatic rings. The molecule has 0 saturated carbocycles. The lowest BCUT2D eigenvalue weighted by Crippen LogP contribution is -2.53. The Hall–Kier alpha value is -2.02. The molecule has 5 nitrogen and oxygen atoms in total. The number of halogens is 2. The SMILES string of the molecule is O=C(O)CC1(NC(=O)CCc2cccc(F)c2F)CCOCC1. The topological polar surface area (TPSA) is 75.6 Å². The third-order valence-corrected chi connectivity index (χ3v) is 4.00. The first-order valence-electron chi connectivity index (χ1n) is 7.45. The van der Waals surface area contributed by atoms with Gasteiger partial charge >= 0.3 is 5.97 Å². The molecule has 1 aliphatic heterocycles. The van der Waals surface area contributed by atoms with Crippen molar-refractivity contribution in [1.29, 1.82) is 0 Å². The van der Waals surface area contributed by atoms with Gasteiger partial charge in [0, 0.05) is 19.6 Å². The fourth-order valence-corrected chi connectivity index (χ4v) is 2.75. The minimum atomic E-state index is -0.997. The minimum absolute atomic E-state index is 0.0391. The van der Waals surface area contributed by atoms with E-state index in [1.807, 2.05) is 0 Å². The van der Waals surface area contributed by atoms with Gasteiger partial charge in [0.1, 0.15) is 0 Å². The number of carboxylic acids is 1. The van der Waals surface area contributed by atoms with Crippen LogP contribution in [0, 0.1) is 11.6 Å². The predicted molar refractivity (Wildman–Crippen MR) is 77.9 cm³/mol. The van der Waals surface area contributed by atoms with Crippen molar-refractivity contribution < 1.29 is 28.2 Å². The molecule has 126 valence electrons. The van der Waals surface area contributed by atoms with Gasteiger partial charge < -0.3 is 15.2 Å². The quantitative estimate of drug-likeness (QED) is 0.838. The maximum atomic E-state index is 13.6. The van der Waals surface area contributed by atoms with Gasteiger partial charge in [-0.3, -0.25) is 9.59 Å². The average molecular weight is 327 g/mol. The Morgan fingerprint density at radius 1 is 1.26 bits per heavy atom. The highest BCUT2D eigenvalue weighted by Gasteiger charge is 2.36. The maximum Gasteiger partial charge on any atom is 0.305 e. The van der Waals surface area contributed by atoms with E-state index in [0.29, 0.717) is 26.1 Å². The Kier molecular flexibility index (Phi) is 5.65. The van der Waals surface area contributed by atoms with Crippen LogP contribution in [0.3, 0.4) is 0 Å². The number of carbonyl (C=O) groups is 2. The molecule has 2 N–H and O–H groups in total. The fraction of sp³-hybridized carbons (Fsp3) is 0.500. The summed E-state index contributed by atoms with van der Waals surface area (Å²) >= 11 is 0. The average Bonchev–Trinajstić information content (AvgIpc) is 2.48. The van der Waals surface area contributed by atoms with Crippen LogP contribution in [-0.2, 0) is 20.7 Å². The van der Waals surface area contributed by atoms with Crippen LogP contribution in [0.25, 0.3) is 0 Å². The molecule has 2 rings (SSSR count). The van der Waals surface area contributed by atoms with E-state index in [4.69, 9.17) is 9.84 Å². The summed E-state index contributed by atoms with van der Waals surface area (Å²) in [7, 11) is 0. The first kappa shape index (κ1) is 17.3. The van der Waals surface area contributed by atoms with Crippen molar-refractivity contribution >= 4 is 11.9 Å². The number of aryl methyl sites for hydroxylation is 1. The van der Waals surface area contributed by atoms with Crippen LogP contribution in [0.5, 0.6) is 0 Å². The van der Waals surface area contributed by atoms with Gasteiger partial charge in [-0.25, -0.2) is 8.78 Å². The molecule has 1 aromatic rings. The molecule has 7 heteroatoms. The number of carbonyl (C=O) groups excluding carboxylic acids is 1. The van der Waals surface area contributed by atoms with Gasteiger partial charge in [0.05, 0.1) is 12.0 Å². The lowest BCUT2D eigenvalue weighted by molar-refractivity contribution is -0.140. The summed E-state index contributed by atoms with van der Waals surface area (Å²) in [5.41, 5.74) is -0.707. The van der Waals surface area contributed by atoms with Crippen molar-refractivity contribution in [2.45, 2.75) is 37.6 Å². The van der Waals surface area contributed by atoms with Gasteiger partial charge in [0.2, 0.25) is 5.91 Å². The van der Waals surface area contributed by atoms with Crippen LogP contribution in [0.2, 0.25) is 0 Å². The van der Waals surface area contributed by atoms with Crippen molar-refractivity contribution in [3.8, 4) is 0 Å². The number of hydrogen-bond acceptors (Lipinski definition) is 3. The number of benzene rings is 1. The Labute approximate surface area is 132 Å². The van der Waals surface area contributed by atoms with Crippen molar-refractivity contribution in [3.63, 3.8) is 0 Å². The van der Waals surface area contributed by atoms with E-state index in [9.17, 15) is 18.4 Å². The third-order valence-electron chi connectivity index (χ3n) is 4.00. The standard InChI is InChI=1S/C16H19F2NO4/c17-12-3-1-2-11(15(12)18)4-5-13(20)19-16(10-14(21)22)6-8-23-9-7-16/h1-3H,4-10H2,(H,19,20)(H,21,22). The molecule has 23 heavy (non-hydrogen) atoms. The molecule has 0 radical (unpaired) electrons. The first-order valence-corrected chi connectivity index (χ1v) is 7.45. The highest BCUT2D eigenvalue weighted by Crippen LogP contribution is 2.25. The van der Waals surface area contributed by atoms with Gasteiger partial charge in [0.25, 0.3) is 0 Å². The van der Waals surface area contributed by atoms with Gasteiger partial charge in [-0.05, 0) is 30.9 Å². The summed E-state index contributed by atoms with van der Waals surface area (Å²) < 4.78 is 31.9. The molecular weight excluding hydrogens is 308 g/mol. The van der Waals surface area contributed by atoms with E-state index in [-0.39, 0.29) is 30.7 Å². The summed E-state index contributed by atoms with van der Waals surface area (Å²) in [5.74, 6) is -3.28. The predicted octanol–water partition coefficient (Wildman–Crippen LogP) is 2.04. The number of hydrogen-bond donors (Lipinski definition) is 2. The largest absolute Gasteiger partial charge is 0.481 e. The maximum absolute atomic E-state index is 13.6. The monoisotopic (exact) mass is 327 g/mol. The van der Waals surface area contributed by atoms with Crippen LogP contribution in [0.1, 0.15) is 31.2 Å². The zero-order chi connectivity index (χ0) is 16.9. The molecule has 1 amide bonds. The Balaban J connectivity index is 1.96. The molecule has 0 spiro atoms. The van der Waals surface area contributed by atoms with E-state index in [0.717, 1.165) is 6.07 Å². The molecule has 0 bridgehead atoms. The number of amides is 1. The Morgan fingerprint density at radius 2 is 1.96 bits per heavy atom. The molecule has 0 unspecified atom stereocenters. The fourth-order valence-electron chi connectivity index (χ4n) is 2.75. The zero-order valence-electron chi connectivity index (χ0n) is 12.6. The second-order valence-corrected chi connectivity index (χ2v) is 5.72. The number of nitrogens with one attached hydrogen (secondary N) is 1. The van der Waals surface area contributed by atoms with Crippen LogP contribution in [-0.4, -0.2) is 35.7 Å². The second kappa shape index (κ2) is 7.50. The lowest BCUT2D eigenvalue weighted by Gasteiger charge is -2.36. The normalized spacial score (nSPS) is 16.8. The molecule has 1 heterocycles. The number of aliphatic carboxylic acids is 1. The third kappa shape index (κ3) is 4.72. The zero-order valence-corrected chi connectivity index (χ0v) is 12.6. The summed E-state index contributed by atoms with van der Waals surface area (Å²) in [6, 6.07) is 3.83. The number of rotatable bonds is 6.